The number of aliphatic hydroxyl groups excluding tert-OH is 1. The Balaban J connectivity index is 2.05. The molecule has 12 nitrogen and oxygen atoms in total. The molecule has 0 radical (unpaired) electrons. The van der Waals surface area contributed by atoms with Crippen molar-refractivity contribution in [1.82, 2.24) is 9.55 Å². The summed E-state index contributed by atoms with van der Waals surface area (Å²) in [5.74, 6) is 0. The first-order chi connectivity index (χ1) is 12.5. The minimum absolute atomic E-state index is 0.00923. The van der Waals surface area contributed by atoms with Crippen LogP contribution >= 0.6 is 0 Å². The Morgan fingerprint density at radius 1 is 1.54 bits per heavy atom. The fourth-order valence-electron chi connectivity index (χ4n) is 2.44. The standard InChI is InChI=1S/C14H19N5O7/c1-8-6-19(13(22)16-12(8)21)11-5-9(17-18-15)10(26-11)7-25-14(23)24-4-2-3-20/h6,9-11,20H,2-5,7H2,1H3,(H,16,21,22). The summed E-state index contributed by atoms with van der Waals surface area (Å²) in [4.78, 5) is 39.8. The van der Waals surface area contributed by atoms with E-state index in [1.165, 1.54) is 17.7 Å². The van der Waals surface area contributed by atoms with E-state index >= 15 is 0 Å². The molecule has 3 unspecified atom stereocenters. The van der Waals surface area contributed by atoms with Crippen molar-refractivity contribution < 1.29 is 24.1 Å². The number of azide groups is 1. The predicted octanol–water partition coefficient (Wildman–Crippen LogP) is 0.347. The summed E-state index contributed by atoms with van der Waals surface area (Å²) in [7, 11) is 0. The van der Waals surface area contributed by atoms with Gasteiger partial charge in [0.25, 0.3) is 5.56 Å². The molecule has 1 fully saturated rings. The van der Waals surface area contributed by atoms with Crippen molar-refractivity contribution in [3.63, 3.8) is 0 Å². The lowest BCUT2D eigenvalue weighted by Gasteiger charge is -2.16. The number of aliphatic hydroxyl groups is 1. The molecule has 26 heavy (non-hydrogen) atoms. The molecule has 2 heterocycles. The first kappa shape index (κ1) is 19.5. The molecule has 0 saturated carbocycles. The molecule has 142 valence electrons. The fraction of sp³-hybridized carbons (Fsp3) is 0.643. The highest BCUT2D eigenvalue weighted by molar-refractivity contribution is 5.59. The molecule has 0 bridgehead atoms. The molecule has 0 spiro atoms. The molecule has 1 aliphatic heterocycles. The third-order valence-corrected chi connectivity index (χ3v) is 3.75. The molecule has 0 aromatic carbocycles. The number of nitrogens with one attached hydrogen (secondary N) is 1. The lowest BCUT2D eigenvalue weighted by atomic mass is 10.1. The molecule has 12 heteroatoms. The largest absolute Gasteiger partial charge is 0.508 e. The first-order valence-electron chi connectivity index (χ1n) is 7.88. The average Bonchev–Trinajstić information content (AvgIpc) is 2.99. The van der Waals surface area contributed by atoms with Crippen molar-refractivity contribution in [3.8, 4) is 0 Å². The summed E-state index contributed by atoms with van der Waals surface area (Å²) < 4.78 is 16.5. The molecule has 0 aliphatic carbocycles. The van der Waals surface area contributed by atoms with E-state index < -0.39 is 35.8 Å². The molecule has 3 atom stereocenters. The molecular weight excluding hydrogens is 350 g/mol. The molecular formula is C14H19N5O7. The van der Waals surface area contributed by atoms with E-state index in [4.69, 9.17) is 24.8 Å². The third kappa shape index (κ3) is 4.85. The van der Waals surface area contributed by atoms with E-state index in [2.05, 4.69) is 15.0 Å². The second-order valence-electron chi connectivity index (χ2n) is 5.60. The van der Waals surface area contributed by atoms with Crippen LogP contribution in [-0.2, 0) is 14.2 Å². The summed E-state index contributed by atoms with van der Waals surface area (Å²) in [6.07, 6.45) is -0.698. The molecule has 1 saturated heterocycles. The Morgan fingerprint density at radius 3 is 3.00 bits per heavy atom. The number of carbonyl (C=O) groups is 1. The van der Waals surface area contributed by atoms with Gasteiger partial charge < -0.3 is 19.3 Å². The maximum atomic E-state index is 12.0. The summed E-state index contributed by atoms with van der Waals surface area (Å²) in [6, 6.07) is -0.672. The van der Waals surface area contributed by atoms with E-state index in [9.17, 15) is 14.4 Å². The van der Waals surface area contributed by atoms with Crippen LogP contribution in [0.2, 0.25) is 0 Å². The van der Waals surface area contributed by atoms with E-state index in [0.717, 1.165) is 0 Å². The van der Waals surface area contributed by atoms with Gasteiger partial charge in [-0.1, -0.05) is 5.11 Å². The molecule has 2 rings (SSSR count). The van der Waals surface area contributed by atoms with Gasteiger partial charge in [-0.2, -0.15) is 0 Å². The lowest BCUT2D eigenvalue weighted by Crippen LogP contribution is -2.33. The van der Waals surface area contributed by atoms with Gasteiger partial charge in [0.2, 0.25) is 0 Å². The number of ether oxygens (including phenoxy) is 3. The Morgan fingerprint density at radius 2 is 2.31 bits per heavy atom. The Bertz CT molecular complexity index is 798. The smallest absolute Gasteiger partial charge is 0.434 e. The highest BCUT2D eigenvalue weighted by atomic mass is 16.7. The second-order valence-corrected chi connectivity index (χ2v) is 5.60. The van der Waals surface area contributed by atoms with Crippen LogP contribution in [0.25, 0.3) is 10.4 Å². The monoisotopic (exact) mass is 369 g/mol. The van der Waals surface area contributed by atoms with Crippen LogP contribution in [0.5, 0.6) is 0 Å². The zero-order valence-electron chi connectivity index (χ0n) is 14.0. The molecule has 1 aliphatic rings. The Labute approximate surface area is 146 Å². The van der Waals surface area contributed by atoms with E-state index in [-0.39, 0.29) is 32.7 Å². The number of carbonyl (C=O) groups excluding carboxylic acids is 1. The van der Waals surface area contributed by atoms with E-state index in [1.807, 2.05) is 0 Å². The average molecular weight is 369 g/mol. The van der Waals surface area contributed by atoms with Crippen LogP contribution in [0, 0.1) is 6.92 Å². The summed E-state index contributed by atoms with van der Waals surface area (Å²) in [5, 5.41) is 12.2. The third-order valence-electron chi connectivity index (χ3n) is 3.75. The van der Waals surface area contributed by atoms with Gasteiger partial charge >= 0.3 is 11.8 Å². The van der Waals surface area contributed by atoms with Gasteiger partial charge in [0.15, 0.2) is 0 Å². The second kappa shape index (κ2) is 9.04. The van der Waals surface area contributed by atoms with Crippen LogP contribution in [0.3, 0.4) is 0 Å². The minimum Gasteiger partial charge on any atom is -0.434 e. The van der Waals surface area contributed by atoms with E-state index in [1.54, 1.807) is 0 Å². The van der Waals surface area contributed by atoms with Gasteiger partial charge in [-0.05, 0) is 12.5 Å². The quantitative estimate of drug-likeness (QED) is 0.230. The van der Waals surface area contributed by atoms with Gasteiger partial charge in [0.05, 0.1) is 12.6 Å². The number of hydrogen-bond acceptors (Lipinski definition) is 8. The zero-order chi connectivity index (χ0) is 19.1. The summed E-state index contributed by atoms with van der Waals surface area (Å²) in [6.45, 7) is 1.19. The van der Waals surface area contributed by atoms with Crippen LogP contribution in [0.1, 0.15) is 24.6 Å². The number of aromatic amines is 1. The summed E-state index contributed by atoms with van der Waals surface area (Å²) in [5.41, 5.74) is 7.85. The van der Waals surface area contributed by atoms with Crippen LogP contribution in [0.4, 0.5) is 4.79 Å². The first-order valence-corrected chi connectivity index (χ1v) is 7.88. The van der Waals surface area contributed by atoms with Crippen molar-refractivity contribution >= 4 is 6.16 Å². The van der Waals surface area contributed by atoms with Crippen molar-refractivity contribution in [2.75, 3.05) is 19.8 Å². The Kier molecular flexibility index (Phi) is 6.78. The van der Waals surface area contributed by atoms with Gasteiger partial charge in [0, 0.05) is 36.1 Å². The molecule has 1 aromatic rings. The van der Waals surface area contributed by atoms with Crippen molar-refractivity contribution in [2.24, 2.45) is 5.11 Å². The predicted molar refractivity (Wildman–Crippen MR) is 86.5 cm³/mol. The molecule has 2 N–H and O–H groups in total. The topological polar surface area (TPSA) is 169 Å². The highest BCUT2D eigenvalue weighted by Gasteiger charge is 2.37. The van der Waals surface area contributed by atoms with Gasteiger partial charge in [-0.25, -0.2) is 9.59 Å². The number of H-pyrrole nitrogens is 1. The van der Waals surface area contributed by atoms with Crippen molar-refractivity contribution in [1.29, 1.82) is 0 Å². The SMILES string of the molecule is Cc1cn(C2CC(N=[N+]=[N-])C(COC(=O)OCCCO)O2)c(=O)[nH]c1=O. The van der Waals surface area contributed by atoms with Crippen LogP contribution < -0.4 is 11.2 Å². The van der Waals surface area contributed by atoms with Crippen molar-refractivity contribution in [2.45, 2.75) is 38.1 Å². The maximum Gasteiger partial charge on any atom is 0.508 e. The van der Waals surface area contributed by atoms with Gasteiger partial charge in [-0.15, -0.1) is 0 Å². The highest BCUT2D eigenvalue weighted by Crippen LogP contribution is 2.30. The normalized spacial score (nSPS) is 21.8. The minimum atomic E-state index is -0.942. The van der Waals surface area contributed by atoms with Crippen molar-refractivity contribution in [3.05, 3.63) is 43.0 Å². The number of nitrogens with zero attached hydrogens (tertiary/aromatic N) is 4. The zero-order valence-corrected chi connectivity index (χ0v) is 14.0. The molecule has 1 aromatic heterocycles. The van der Waals surface area contributed by atoms with E-state index in [0.29, 0.717) is 5.56 Å². The van der Waals surface area contributed by atoms with Crippen LogP contribution in [0.15, 0.2) is 20.9 Å². The number of aryl methyl sites for hydroxylation is 1. The summed E-state index contributed by atoms with van der Waals surface area (Å²) >= 11 is 0. The van der Waals surface area contributed by atoms with Crippen LogP contribution in [-0.4, -0.2) is 52.8 Å². The Hall–Kier alpha value is -2.82. The maximum absolute atomic E-state index is 12.0. The number of aromatic nitrogens is 2. The lowest BCUT2D eigenvalue weighted by molar-refractivity contribution is -0.0425. The van der Waals surface area contributed by atoms with Gasteiger partial charge in [0.1, 0.15) is 18.9 Å². The number of rotatable bonds is 7. The molecule has 0 amide bonds. The number of hydrogen-bond donors (Lipinski definition) is 2. The van der Waals surface area contributed by atoms with Gasteiger partial charge in [-0.3, -0.25) is 14.3 Å². The fourth-order valence-corrected chi connectivity index (χ4v) is 2.44.